The highest BCUT2D eigenvalue weighted by molar-refractivity contribution is 5.82. The third-order valence-electron chi connectivity index (χ3n) is 5.18. The van der Waals surface area contributed by atoms with Crippen LogP contribution in [0.1, 0.15) is 24.3 Å². The summed E-state index contributed by atoms with van der Waals surface area (Å²) in [7, 11) is 0. The van der Waals surface area contributed by atoms with E-state index < -0.39 is 0 Å². The Morgan fingerprint density at radius 3 is 2.78 bits per heavy atom. The summed E-state index contributed by atoms with van der Waals surface area (Å²) in [6.45, 7) is 4.23. The molecule has 1 N–H and O–H groups in total. The van der Waals surface area contributed by atoms with Gasteiger partial charge >= 0.3 is 0 Å². The van der Waals surface area contributed by atoms with Gasteiger partial charge in [0.1, 0.15) is 5.76 Å². The summed E-state index contributed by atoms with van der Waals surface area (Å²) in [6.07, 6.45) is 4.02. The lowest BCUT2D eigenvalue weighted by atomic mass is 9.96. The minimum Gasteiger partial charge on any atom is -0.469 e. The first-order valence-corrected chi connectivity index (χ1v) is 9.49. The third-order valence-corrected chi connectivity index (χ3v) is 5.18. The number of hydrogen-bond donors (Lipinski definition) is 1. The van der Waals surface area contributed by atoms with Crippen molar-refractivity contribution in [2.75, 3.05) is 24.5 Å². The zero-order chi connectivity index (χ0) is 18.6. The number of amides is 1. The number of aromatic nitrogens is 2. The molecule has 3 aromatic rings. The number of nitrogens with one attached hydrogen (secondary N) is 1. The fourth-order valence-electron chi connectivity index (χ4n) is 3.61. The number of rotatable bonds is 5. The third kappa shape index (κ3) is 3.94. The van der Waals surface area contributed by atoms with Crippen LogP contribution in [0.25, 0.3) is 10.9 Å². The van der Waals surface area contributed by atoms with Gasteiger partial charge < -0.3 is 14.6 Å². The Balaban J connectivity index is 1.32. The smallest absolute Gasteiger partial charge is 0.226 e. The average Bonchev–Trinajstić information content (AvgIpc) is 3.21. The van der Waals surface area contributed by atoms with E-state index in [9.17, 15) is 4.79 Å². The Morgan fingerprint density at radius 2 is 2.00 bits per heavy atom. The number of anilines is 1. The molecule has 0 radical (unpaired) electrons. The molecule has 6 nitrogen and oxygen atoms in total. The second kappa shape index (κ2) is 7.78. The Hall–Kier alpha value is -2.89. The van der Waals surface area contributed by atoms with Gasteiger partial charge in [0.25, 0.3) is 0 Å². The molecule has 1 aliphatic rings. The molecule has 6 heteroatoms. The van der Waals surface area contributed by atoms with Crippen LogP contribution < -0.4 is 10.2 Å². The van der Waals surface area contributed by atoms with Crippen molar-refractivity contribution in [3.05, 3.63) is 54.1 Å². The molecular weight excluding hydrogens is 340 g/mol. The quantitative estimate of drug-likeness (QED) is 0.753. The van der Waals surface area contributed by atoms with E-state index in [0.29, 0.717) is 6.54 Å². The van der Waals surface area contributed by atoms with Gasteiger partial charge in [-0.3, -0.25) is 4.79 Å². The van der Waals surface area contributed by atoms with Crippen molar-refractivity contribution in [1.82, 2.24) is 15.3 Å². The summed E-state index contributed by atoms with van der Waals surface area (Å²) < 4.78 is 5.29. The summed E-state index contributed by atoms with van der Waals surface area (Å²) in [4.78, 5) is 24.0. The van der Waals surface area contributed by atoms with Gasteiger partial charge in [0, 0.05) is 37.4 Å². The molecule has 0 bridgehead atoms. The number of piperidine rings is 1. The van der Waals surface area contributed by atoms with Crippen LogP contribution in [0.5, 0.6) is 0 Å². The van der Waals surface area contributed by atoms with Crippen LogP contribution in [-0.4, -0.2) is 35.5 Å². The molecule has 2 aromatic heterocycles. The predicted molar refractivity (Wildman–Crippen MR) is 105 cm³/mol. The van der Waals surface area contributed by atoms with Crippen molar-refractivity contribution in [2.24, 2.45) is 5.92 Å². The molecule has 3 heterocycles. The first-order valence-electron chi connectivity index (χ1n) is 9.49. The van der Waals surface area contributed by atoms with E-state index in [1.807, 2.05) is 43.3 Å². The second-order valence-corrected chi connectivity index (χ2v) is 7.01. The Bertz CT molecular complexity index is 915. The minimum absolute atomic E-state index is 0.0550. The number of carbonyl (C=O) groups is 1. The molecule has 1 fully saturated rings. The van der Waals surface area contributed by atoms with Gasteiger partial charge in [-0.2, -0.15) is 0 Å². The highest BCUT2D eigenvalue weighted by atomic mass is 16.3. The maximum atomic E-state index is 12.4. The van der Waals surface area contributed by atoms with E-state index in [4.69, 9.17) is 9.40 Å². The number of hydrogen-bond acceptors (Lipinski definition) is 5. The normalized spacial score (nSPS) is 15.2. The van der Waals surface area contributed by atoms with E-state index in [1.54, 1.807) is 6.26 Å². The van der Waals surface area contributed by atoms with E-state index in [1.165, 1.54) is 0 Å². The fourth-order valence-corrected chi connectivity index (χ4v) is 3.61. The number of para-hydroxylation sites is 1. The molecule has 0 unspecified atom stereocenters. The first kappa shape index (κ1) is 17.5. The number of fused-ring (bicyclic) bond motifs is 1. The molecule has 4 rings (SSSR count). The van der Waals surface area contributed by atoms with E-state index in [0.717, 1.165) is 60.7 Å². The van der Waals surface area contributed by atoms with Gasteiger partial charge in [-0.1, -0.05) is 18.2 Å². The Morgan fingerprint density at radius 1 is 1.19 bits per heavy atom. The summed E-state index contributed by atoms with van der Waals surface area (Å²) in [5, 5.41) is 4.12. The van der Waals surface area contributed by atoms with Crippen molar-refractivity contribution < 1.29 is 9.21 Å². The summed E-state index contributed by atoms with van der Waals surface area (Å²) in [5.41, 5.74) is 1.96. The van der Waals surface area contributed by atoms with Crippen molar-refractivity contribution in [3.8, 4) is 0 Å². The van der Waals surface area contributed by atoms with Gasteiger partial charge in [-0.25, -0.2) is 9.97 Å². The monoisotopic (exact) mass is 364 g/mol. The molecule has 0 saturated carbocycles. The molecule has 1 aromatic carbocycles. The van der Waals surface area contributed by atoms with E-state index in [2.05, 4.69) is 15.2 Å². The van der Waals surface area contributed by atoms with Crippen LogP contribution in [0, 0.1) is 12.8 Å². The first-order chi connectivity index (χ1) is 13.2. The lowest BCUT2D eigenvalue weighted by Gasteiger charge is -2.31. The maximum Gasteiger partial charge on any atom is 0.226 e. The van der Waals surface area contributed by atoms with Gasteiger partial charge in [-0.05, 0) is 38.0 Å². The van der Waals surface area contributed by atoms with Gasteiger partial charge in [-0.15, -0.1) is 0 Å². The summed E-state index contributed by atoms with van der Waals surface area (Å²) in [5.74, 6) is 1.85. The molecule has 1 saturated heterocycles. The fraction of sp³-hybridized carbons (Fsp3) is 0.381. The van der Waals surface area contributed by atoms with Crippen LogP contribution in [-0.2, 0) is 11.2 Å². The zero-order valence-electron chi connectivity index (χ0n) is 15.5. The molecule has 140 valence electrons. The highest BCUT2D eigenvalue weighted by Crippen LogP contribution is 2.24. The number of carbonyl (C=O) groups excluding carboxylic acids is 1. The maximum absolute atomic E-state index is 12.4. The zero-order valence-corrected chi connectivity index (χ0v) is 15.5. The average molecular weight is 364 g/mol. The van der Waals surface area contributed by atoms with Crippen LogP contribution in [0.3, 0.4) is 0 Å². The van der Waals surface area contributed by atoms with Crippen LogP contribution >= 0.6 is 0 Å². The highest BCUT2D eigenvalue weighted by Gasteiger charge is 2.26. The summed E-state index contributed by atoms with van der Waals surface area (Å²) >= 11 is 0. The summed E-state index contributed by atoms with van der Waals surface area (Å²) in [6, 6.07) is 11.9. The van der Waals surface area contributed by atoms with Gasteiger partial charge in [0.2, 0.25) is 11.9 Å². The Kier molecular flexibility index (Phi) is 5.05. The molecule has 0 spiro atoms. The van der Waals surface area contributed by atoms with Gasteiger partial charge in [0.15, 0.2) is 0 Å². The van der Waals surface area contributed by atoms with Crippen LogP contribution in [0.2, 0.25) is 0 Å². The molecule has 0 aliphatic carbocycles. The minimum atomic E-state index is 0.0550. The van der Waals surface area contributed by atoms with Crippen LogP contribution in [0.4, 0.5) is 5.95 Å². The van der Waals surface area contributed by atoms with Crippen molar-refractivity contribution in [3.63, 3.8) is 0 Å². The van der Waals surface area contributed by atoms with Crippen molar-refractivity contribution in [1.29, 1.82) is 0 Å². The molecule has 0 atom stereocenters. The second-order valence-electron chi connectivity index (χ2n) is 7.01. The van der Waals surface area contributed by atoms with Gasteiger partial charge in [0.05, 0.1) is 17.5 Å². The lowest BCUT2D eigenvalue weighted by Crippen LogP contribution is -2.41. The lowest BCUT2D eigenvalue weighted by molar-refractivity contribution is -0.125. The van der Waals surface area contributed by atoms with Crippen molar-refractivity contribution in [2.45, 2.75) is 26.2 Å². The predicted octanol–water partition coefficient (Wildman–Crippen LogP) is 3.11. The topological polar surface area (TPSA) is 71.3 Å². The number of benzene rings is 1. The van der Waals surface area contributed by atoms with E-state index in [-0.39, 0.29) is 11.8 Å². The molecular formula is C21H24N4O2. The van der Waals surface area contributed by atoms with Crippen molar-refractivity contribution >= 4 is 22.8 Å². The van der Waals surface area contributed by atoms with E-state index >= 15 is 0 Å². The Labute approximate surface area is 158 Å². The van der Waals surface area contributed by atoms with Crippen LogP contribution in [0.15, 0.2) is 47.1 Å². The number of aryl methyl sites for hydroxylation is 1. The molecule has 1 amide bonds. The molecule has 1 aliphatic heterocycles. The standard InChI is InChI=1S/C21H24N4O2/c1-15-18-6-2-3-7-19(18)24-21(23-15)25-12-9-16(10-13-25)20(26)22-11-8-17-5-4-14-27-17/h2-7,14,16H,8-13H2,1H3,(H,22,26). The number of nitrogens with zero attached hydrogens (tertiary/aromatic N) is 3. The largest absolute Gasteiger partial charge is 0.469 e. The molecule has 27 heavy (non-hydrogen) atoms. The number of furan rings is 1. The SMILES string of the molecule is Cc1nc(N2CCC(C(=O)NCCc3ccco3)CC2)nc2ccccc12.